The standard InChI is InChI=1S/C20H23N3O2/c24-20(23-9-7-17-13-21-8-6-19(17)23)12-18-15-22(10-11-25-18)14-16-4-2-1-3-5-16/h1-6,8,13,18H,7,9-12,14-15H2/t18-/m0/s1. The number of hydrogen-bond acceptors (Lipinski definition) is 4. The maximum atomic E-state index is 12.7. The molecule has 4 rings (SSSR count). The largest absolute Gasteiger partial charge is 0.375 e. The Hall–Kier alpha value is -2.24. The zero-order valence-electron chi connectivity index (χ0n) is 14.3. The molecule has 5 nitrogen and oxygen atoms in total. The molecule has 0 bridgehead atoms. The molecule has 1 fully saturated rings. The molecule has 2 aliphatic rings. The second-order valence-electron chi connectivity index (χ2n) is 6.72. The molecule has 0 aliphatic carbocycles. The minimum atomic E-state index is -0.0316. The first-order chi connectivity index (χ1) is 12.3. The van der Waals surface area contributed by atoms with Crippen LogP contribution in [0.25, 0.3) is 0 Å². The van der Waals surface area contributed by atoms with Crippen molar-refractivity contribution in [2.24, 2.45) is 0 Å². The first-order valence-electron chi connectivity index (χ1n) is 8.91. The van der Waals surface area contributed by atoms with Crippen molar-refractivity contribution in [2.75, 3.05) is 31.1 Å². The van der Waals surface area contributed by atoms with Crippen LogP contribution in [-0.2, 0) is 22.5 Å². The molecule has 0 radical (unpaired) electrons. The number of nitrogens with zero attached hydrogens (tertiary/aromatic N) is 3. The number of pyridine rings is 1. The normalized spacial score (nSPS) is 20.5. The zero-order chi connectivity index (χ0) is 17.1. The molecule has 0 N–H and O–H groups in total. The summed E-state index contributed by atoms with van der Waals surface area (Å²) in [5, 5.41) is 0. The van der Waals surface area contributed by atoms with Gasteiger partial charge in [0.25, 0.3) is 0 Å². The summed E-state index contributed by atoms with van der Waals surface area (Å²) in [4.78, 5) is 21.2. The van der Waals surface area contributed by atoms with E-state index < -0.39 is 0 Å². The van der Waals surface area contributed by atoms with E-state index in [9.17, 15) is 4.79 Å². The molecule has 5 heteroatoms. The van der Waals surface area contributed by atoms with Crippen LogP contribution >= 0.6 is 0 Å². The molecular formula is C20H23N3O2. The van der Waals surface area contributed by atoms with Crippen molar-refractivity contribution in [1.82, 2.24) is 9.88 Å². The highest BCUT2D eigenvalue weighted by Crippen LogP contribution is 2.27. The molecule has 1 aromatic heterocycles. The SMILES string of the molecule is O=C(C[C@H]1CN(Cc2ccccc2)CCO1)N1CCc2cnccc21. The van der Waals surface area contributed by atoms with Gasteiger partial charge in [-0.15, -0.1) is 0 Å². The fourth-order valence-corrected chi connectivity index (χ4v) is 3.68. The fourth-order valence-electron chi connectivity index (χ4n) is 3.68. The molecular weight excluding hydrogens is 314 g/mol. The highest BCUT2D eigenvalue weighted by atomic mass is 16.5. The van der Waals surface area contributed by atoms with Crippen LogP contribution < -0.4 is 4.90 Å². The van der Waals surface area contributed by atoms with Gasteiger partial charge in [-0.05, 0) is 23.6 Å². The molecule has 2 aromatic rings. The molecule has 2 aliphatic heterocycles. The molecule has 0 unspecified atom stereocenters. The molecule has 1 aromatic carbocycles. The summed E-state index contributed by atoms with van der Waals surface area (Å²) in [6, 6.07) is 12.4. The first kappa shape index (κ1) is 16.2. The predicted octanol–water partition coefficient (Wildman–Crippen LogP) is 2.26. The summed E-state index contributed by atoms with van der Waals surface area (Å²) in [5.41, 5.74) is 3.47. The highest BCUT2D eigenvalue weighted by molar-refractivity contribution is 5.95. The van der Waals surface area contributed by atoms with E-state index in [1.165, 1.54) is 5.56 Å². The number of morpholine rings is 1. The van der Waals surface area contributed by atoms with Gasteiger partial charge in [0.2, 0.25) is 5.91 Å². The number of aromatic nitrogens is 1. The van der Waals surface area contributed by atoms with Crippen LogP contribution in [0.1, 0.15) is 17.5 Å². The molecule has 1 saturated heterocycles. The molecule has 25 heavy (non-hydrogen) atoms. The second kappa shape index (κ2) is 7.33. The van der Waals surface area contributed by atoms with E-state index in [1.807, 2.05) is 23.2 Å². The second-order valence-corrected chi connectivity index (χ2v) is 6.72. The summed E-state index contributed by atoms with van der Waals surface area (Å²) in [6.45, 7) is 4.06. The maximum absolute atomic E-state index is 12.7. The third kappa shape index (κ3) is 3.72. The number of fused-ring (bicyclic) bond motifs is 1. The van der Waals surface area contributed by atoms with Crippen LogP contribution in [0.4, 0.5) is 5.69 Å². The van der Waals surface area contributed by atoms with Gasteiger partial charge >= 0.3 is 0 Å². The van der Waals surface area contributed by atoms with Gasteiger partial charge in [0, 0.05) is 44.3 Å². The Labute approximate surface area is 148 Å². The fraction of sp³-hybridized carbons (Fsp3) is 0.400. The third-order valence-corrected chi connectivity index (χ3v) is 4.95. The Morgan fingerprint density at radius 2 is 2.08 bits per heavy atom. The molecule has 3 heterocycles. The Morgan fingerprint density at radius 1 is 1.20 bits per heavy atom. The lowest BCUT2D eigenvalue weighted by atomic mass is 10.1. The topological polar surface area (TPSA) is 45.7 Å². The van der Waals surface area contributed by atoms with E-state index in [0.29, 0.717) is 13.0 Å². The number of carbonyl (C=O) groups is 1. The van der Waals surface area contributed by atoms with Gasteiger partial charge in [-0.25, -0.2) is 0 Å². The van der Waals surface area contributed by atoms with Crippen molar-refractivity contribution in [2.45, 2.75) is 25.5 Å². The average Bonchev–Trinajstić information content (AvgIpc) is 3.07. The molecule has 1 atom stereocenters. The van der Waals surface area contributed by atoms with Gasteiger partial charge in [0.15, 0.2) is 0 Å². The van der Waals surface area contributed by atoms with Crippen LogP contribution in [0.2, 0.25) is 0 Å². The smallest absolute Gasteiger partial charge is 0.229 e. The summed E-state index contributed by atoms with van der Waals surface area (Å²) in [6.07, 6.45) is 4.91. The third-order valence-electron chi connectivity index (χ3n) is 4.95. The van der Waals surface area contributed by atoms with E-state index in [0.717, 1.165) is 43.9 Å². The Kier molecular flexibility index (Phi) is 4.76. The van der Waals surface area contributed by atoms with E-state index in [-0.39, 0.29) is 12.0 Å². The van der Waals surface area contributed by atoms with Gasteiger partial charge in [-0.1, -0.05) is 30.3 Å². The number of rotatable bonds is 4. The number of ether oxygens (including phenoxy) is 1. The van der Waals surface area contributed by atoms with Crippen molar-refractivity contribution < 1.29 is 9.53 Å². The van der Waals surface area contributed by atoms with Crippen LogP contribution in [0.3, 0.4) is 0 Å². The molecule has 130 valence electrons. The molecule has 0 saturated carbocycles. The highest BCUT2D eigenvalue weighted by Gasteiger charge is 2.29. The van der Waals surface area contributed by atoms with Crippen LogP contribution in [0, 0.1) is 0 Å². The predicted molar refractivity (Wildman–Crippen MR) is 96.4 cm³/mol. The number of hydrogen-bond donors (Lipinski definition) is 0. The Morgan fingerprint density at radius 3 is 2.96 bits per heavy atom. The van der Waals surface area contributed by atoms with Crippen molar-refractivity contribution in [3.63, 3.8) is 0 Å². The van der Waals surface area contributed by atoms with Crippen molar-refractivity contribution in [3.05, 3.63) is 59.9 Å². The van der Waals surface area contributed by atoms with Crippen LogP contribution in [0.15, 0.2) is 48.8 Å². The number of benzene rings is 1. The van der Waals surface area contributed by atoms with Gasteiger partial charge in [-0.3, -0.25) is 14.7 Å². The Bertz CT molecular complexity index is 735. The van der Waals surface area contributed by atoms with E-state index in [1.54, 1.807) is 6.20 Å². The average molecular weight is 337 g/mol. The van der Waals surface area contributed by atoms with E-state index in [4.69, 9.17) is 4.74 Å². The van der Waals surface area contributed by atoms with Crippen molar-refractivity contribution in [3.8, 4) is 0 Å². The van der Waals surface area contributed by atoms with Crippen LogP contribution in [-0.4, -0.2) is 48.1 Å². The molecule has 1 amide bonds. The maximum Gasteiger partial charge on any atom is 0.229 e. The Balaban J connectivity index is 1.35. The minimum absolute atomic E-state index is 0.0316. The number of carbonyl (C=O) groups excluding carboxylic acids is 1. The summed E-state index contributed by atoms with van der Waals surface area (Å²) in [5.74, 6) is 0.150. The molecule has 0 spiro atoms. The van der Waals surface area contributed by atoms with E-state index in [2.05, 4.69) is 34.1 Å². The van der Waals surface area contributed by atoms with Crippen molar-refractivity contribution in [1.29, 1.82) is 0 Å². The lowest BCUT2D eigenvalue weighted by Crippen LogP contribution is -2.44. The summed E-state index contributed by atoms with van der Waals surface area (Å²) in [7, 11) is 0. The van der Waals surface area contributed by atoms with E-state index >= 15 is 0 Å². The van der Waals surface area contributed by atoms with Crippen molar-refractivity contribution >= 4 is 11.6 Å². The van der Waals surface area contributed by atoms with Gasteiger partial charge in [0.1, 0.15) is 0 Å². The van der Waals surface area contributed by atoms with Crippen LogP contribution in [0.5, 0.6) is 0 Å². The van der Waals surface area contributed by atoms with Gasteiger partial charge in [-0.2, -0.15) is 0 Å². The minimum Gasteiger partial charge on any atom is -0.375 e. The lowest BCUT2D eigenvalue weighted by Gasteiger charge is -2.33. The first-order valence-corrected chi connectivity index (χ1v) is 8.91. The monoisotopic (exact) mass is 337 g/mol. The number of amides is 1. The number of anilines is 1. The summed E-state index contributed by atoms with van der Waals surface area (Å²) < 4.78 is 5.86. The quantitative estimate of drug-likeness (QED) is 0.859. The van der Waals surface area contributed by atoms with Gasteiger partial charge in [0.05, 0.1) is 19.1 Å². The van der Waals surface area contributed by atoms with Gasteiger partial charge < -0.3 is 9.64 Å². The lowest BCUT2D eigenvalue weighted by molar-refractivity contribution is -0.123. The summed E-state index contributed by atoms with van der Waals surface area (Å²) >= 11 is 0. The zero-order valence-corrected chi connectivity index (χ0v) is 14.3.